The van der Waals surface area contributed by atoms with Crippen molar-refractivity contribution >= 4 is 11.4 Å². The predicted octanol–water partition coefficient (Wildman–Crippen LogP) is 2.67. The molecule has 0 N–H and O–H groups in total. The van der Waals surface area contributed by atoms with Crippen LogP contribution in [0.15, 0.2) is 42.6 Å². The molecule has 2 heterocycles. The first-order valence-electron chi connectivity index (χ1n) is 7.66. The molecule has 0 saturated heterocycles. The molecule has 0 bridgehead atoms. The van der Waals surface area contributed by atoms with Crippen LogP contribution in [0.2, 0.25) is 0 Å². The van der Waals surface area contributed by atoms with Crippen LogP contribution >= 0.6 is 0 Å². The van der Waals surface area contributed by atoms with E-state index in [1.165, 1.54) is 6.08 Å². The van der Waals surface area contributed by atoms with Crippen LogP contribution in [-0.2, 0) is 0 Å². The number of hydrogen-bond acceptors (Lipinski definition) is 5. The van der Waals surface area contributed by atoms with Crippen LogP contribution < -0.4 is 0 Å². The molecule has 122 valence electrons. The van der Waals surface area contributed by atoms with Gasteiger partial charge in [0, 0.05) is 26.4 Å². The maximum absolute atomic E-state index is 12.3. The summed E-state index contributed by atoms with van der Waals surface area (Å²) in [6.45, 7) is 3.77. The normalized spacial score (nSPS) is 11.3. The Balaban J connectivity index is 2.13. The number of rotatable bonds is 4. The van der Waals surface area contributed by atoms with E-state index in [0.717, 1.165) is 16.8 Å². The van der Waals surface area contributed by atoms with E-state index in [2.05, 4.69) is 15.3 Å². The third-order valence-electron chi connectivity index (χ3n) is 3.76. The monoisotopic (exact) mass is 321 g/mol. The lowest BCUT2D eigenvalue weighted by molar-refractivity contribution is 0.103. The topological polar surface area (TPSA) is 63.4 Å². The van der Waals surface area contributed by atoms with Crippen molar-refractivity contribution in [2.45, 2.75) is 13.8 Å². The van der Waals surface area contributed by atoms with Crippen molar-refractivity contribution in [2.24, 2.45) is 0 Å². The largest absolute Gasteiger partial charge is 0.383 e. The van der Waals surface area contributed by atoms with Crippen LogP contribution in [0.1, 0.15) is 21.9 Å². The third-order valence-corrected chi connectivity index (χ3v) is 3.76. The molecule has 3 rings (SSSR count). The first-order chi connectivity index (χ1) is 11.5. The van der Waals surface area contributed by atoms with E-state index >= 15 is 0 Å². The average molecular weight is 321 g/mol. The van der Waals surface area contributed by atoms with Crippen molar-refractivity contribution in [3.8, 4) is 11.1 Å². The molecule has 0 amide bonds. The average Bonchev–Trinajstić information content (AvgIpc) is 2.91. The summed E-state index contributed by atoms with van der Waals surface area (Å²) in [6, 6.07) is 9.94. The molecule has 0 radical (unpaired) electrons. The number of benzene rings is 1. The van der Waals surface area contributed by atoms with Crippen LogP contribution in [0.3, 0.4) is 0 Å². The zero-order chi connectivity index (χ0) is 17.3. The van der Waals surface area contributed by atoms with E-state index in [0.29, 0.717) is 17.0 Å². The molecular weight excluding hydrogens is 302 g/mol. The van der Waals surface area contributed by atoms with Gasteiger partial charge in [0.1, 0.15) is 0 Å². The van der Waals surface area contributed by atoms with Gasteiger partial charge in [0.2, 0.25) is 5.78 Å². The number of ketones is 1. The van der Waals surface area contributed by atoms with Crippen molar-refractivity contribution in [3.63, 3.8) is 0 Å². The van der Waals surface area contributed by atoms with E-state index in [4.69, 9.17) is 0 Å². The van der Waals surface area contributed by atoms with Gasteiger partial charge in [-0.1, -0.05) is 30.3 Å². The summed E-state index contributed by atoms with van der Waals surface area (Å²) in [7, 11) is 3.71. The third kappa shape index (κ3) is 2.78. The van der Waals surface area contributed by atoms with E-state index in [1.807, 2.05) is 58.3 Å². The quantitative estimate of drug-likeness (QED) is 0.546. The highest BCUT2D eigenvalue weighted by Gasteiger charge is 2.18. The van der Waals surface area contributed by atoms with E-state index in [9.17, 15) is 4.79 Å². The van der Waals surface area contributed by atoms with Crippen LogP contribution in [0.4, 0.5) is 0 Å². The second-order valence-electron chi connectivity index (χ2n) is 5.84. The molecule has 1 aromatic carbocycles. The minimum absolute atomic E-state index is 0.190. The standard InChI is InChI=1S/C18H19N5O/c1-12-16(14-8-6-5-7-9-14)18-20-19-17(13(2)23(18)21-12)15(24)10-11-22(3)4/h5-11H,1-4H3. The first kappa shape index (κ1) is 15.9. The highest BCUT2D eigenvalue weighted by Crippen LogP contribution is 2.27. The number of carbonyl (C=O) groups is 1. The number of hydrogen-bond donors (Lipinski definition) is 0. The maximum atomic E-state index is 12.3. The minimum Gasteiger partial charge on any atom is -0.383 e. The Morgan fingerprint density at radius 2 is 1.83 bits per heavy atom. The van der Waals surface area contributed by atoms with Gasteiger partial charge < -0.3 is 4.90 Å². The molecule has 3 aromatic rings. The second kappa shape index (κ2) is 6.23. The summed E-state index contributed by atoms with van der Waals surface area (Å²) >= 11 is 0. The smallest absolute Gasteiger partial charge is 0.209 e. The van der Waals surface area contributed by atoms with Gasteiger partial charge in [-0.2, -0.15) is 5.10 Å². The number of nitrogens with zero attached hydrogens (tertiary/aromatic N) is 5. The summed E-state index contributed by atoms with van der Waals surface area (Å²) in [5.74, 6) is -0.190. The Morgan fingerprint density at radius 3 is 2.50 bits per heavy atom. The summed E-state index contributed by atoms with van der Waals surface area (Å²) in [4.78, 5) is 14.1. The van der Waals surface area contributed by atoms with Crippen LogP contribution in [0.5, 0.6) is 0 Å². The van der Waals surface area contributed by atoms with Crippen LogP contribution in [0, 0.1) is 13.8 Å². The molecule has 0 atom stereocenters. The number of aromatic nitrogens is 4. The summed E-state index contributed by atoms with van der Waals surface area (Å²) in [6.07, 6.45) is 3.18. The molecule has 0 fully saturated rings. The van der Waals surface area contributed by atoms with E-state index < -0.39 is 0 Å². The van der Waals surface area contributed by atoms with Crippen LogP contribution in [-0.4, -0.2) is 44.6 Å². The lowest BCUT2D eigenvalue weighted by atomic mass is 10.1. The van der Waals surface area contributed by atoms with Crippen LogP contribution in [0.25, 0.3) is 16.8 Å². The molecule has 2 aromatic heterocycles. The zero-order valence-corrected chi connectivity index (χ0v) is 14.2. The summed E-state index contributed by atoms with van der Waals surface area (Å²) in [5.41, 5.74) is 4.47. The van der Waals surface area contributed by atoms with Crippen molar-refractivity contribution < 1.29 is 4.79 Å². The number of fused-ring (bicyclic) bond motifs is 1. The van der Waals surface area contributed by atoms with E-state index in [-0.39, 0.29) is 5.78 Å². The van der Waals surface area contributed by atoms with Gasteiger partial charge in [-0.25, -0.2) is 4.52 Å². The van der Waals surface area contributed by atoms with Gasteiger partial charge in [0.25, 0.3) is 0 Å². The second-order valence-corrected chi connectivity index (χ2v) is 5.84. The van der Waals surface area contributed by atoms with Gasteiger partial charge in [-0.3, -0.25) is 4.79 Å². The number of allylic oxidation sites excluding steroid dienone is 1. The Labute approximate surface area is 140 Å². The lowest BCUT2D eigenvalue weighted by Crippen LogP contribution is -2.11. The fraction of sp³-hybridized carbons (Fsp3) is 0.222. The molecule has 0 saturated carbocycles. The van der Waals surface area contributed by atoms with Gasteiger partial charge in [0.15, 0.2) is 11.3 Å². The molecule has 6 heteroatoms. The summed E-state index contributed by atoms with van der Waals surface area (Å²) in [5, 5.41) is 13.0. The molecule has 0 aliphatic rings. The zero-order valence-electron chi connectivity index (χ0n) is 14.2. The van der Waals surface area contributed by atoms with Crippen molar-refractivity contribution in [1.82, 2.24) is 24.7 Å². The number of carbonyl (C=O) groups excluding carboxylic acids is 1. The van der Waals surface area contributed by atoms with Gasteiger partial charge >= 0.3 is 0 Å². The van der Waals surface area contributed by atoms with Crippen molar-refractivity contribution in [2.75, 3.05) is 14.1 Å². The van der Waals surface area contributed by atoms with Gasteiger partial charge in [-0.15, -0.1) is 10.2 Å². The molecule has 24 heavy (non-hydrogen) atoms. The highest BCUT2D eigenvalue weighted by molar-refractivity contribution is 6.03. The fourth-order valence-corrected chi connectivity index (χ4v) is 2.58. The van der Waals surface area contributed by atoms with Gasteiger partial charge in [0.05, 0.1) is 17.0 Å². The Hall–Kier alpha value is -3.02. The fourth-order valence-electron chi connectivity index (χ4n) is 2.58. The Kier molecular flexibility index (Phi) is 4.12. The number of aryl methyl sites for hydroxylation is 2. The maximum Gasteiger partial charge on any atom is 0.209 e. The first-order valence-corrected chi connectivity index (χ1v) is 7.66. The molecule has 6 nitrogen and oxygen atoms in total. The van der Waals surface area contributed by atoms with E-state index in [1.54, 1.807) is 15.6 Å². The minimum atomic E-state index is -0.190. The Morgan fingerprint density at radius 1 is 1.12 bits per heavy atom. The SMILES string of the molecule is Cc1nn2c(C)c(C(=O)C=CN(C)C)nnc2c1-c1ccccc1. The lowest BCUT2D eigenvalue weighted by Gasteiger charge is -2.05. The molecule has 0 unspecified atom stereocenters. The molecular formula is C18H19N5O. The van der Waals surface area contributed by atoms with Crippen molar-refractivity contribution in [3.05, 3.63) is 59.7 Å². The Bertz CT molecular complexity index is 925. The predicted molar refractivity (Wildman–Crippen MR) is 92.8 cm³/mol. The molecule has 0 spiro atoms. The summed E-state index contributed by atoms with van der Waals surface area (Å²) < 4.78 is 1.70. The highest BCUT2D eigenvalue weighted by atomic mass is 16.1. The van der Waals surface area contributed by atoms with Gasteiger partial charge in [-0.05, 0) is 19.4 Å². The molecule has 0 aliphatic carbocycles. The van der Waals surface area contributed by atoms with Crippen molar-refractivity contribution in [1.29, 1.82) is 0 Å². The molecule has 0 aliphatic heterocycles.